The molecule has 3 heteroatoms. The van der Waals surface area contributed by atoms with E-state index >= 15 is 0 Å². The SMILES string of the molecule is CC(N)CCC(=O)NC1CCCC1C. The predicted molar refractivity (Wildman–Crippen MR) is 57.8 cm³/mol. The van der Waals surface area contributed by atoms with E-state index in [4.69, 9.17) is 5.73 Å². The van der Waals surface area contributed by atoms with Gasteiger partial charge in [0, 0.05) is 18.5 Å². The van der Waals surface area contributed by atoms with Gasteiger partial charge in [-0.25, -0.2) is 0 Å². The van der Waals surface area contributed by atoms with E-state index in [1.54, 1.807) is 0 Å². The zero-order valence-corrected chi connectivity index (χ0v) is 9.25. The van der Waals surface area contributed by atoms with Gasteiger partial charge in [-0.15, -0.1) is 0 Å². The molecule has 1 saturated carbocycles. The second-order valence-electron chi connectivity index (χ2n) is 4.60. The normalized spacial score (nSPS) is 28.8. The summed E-state index contributed by atoms with van der Waals surface area (Å²) in [6.45, 7) is 4.15. The van der Waals surface area contributed by atoms with Crippen molar-refractivity contribution in [2.24, 2.45) is 11.7 Å². The molecule has 82 valence electrons. The lowest BCUT2D eigenvalue weighted by Gasteiger charge is -2.17. The molecule has 0 aromatic carbocycles. The Labute approximate surface area is 86.4 Å². The van der Waals surface area contributed by atoms with Crippen molar-refractivity contribution in [3.8, 4) is 0 Å². The fourth-order valence-corrected chi connectivity index (χ4v) is 2.00. The smallest absolute Gasteiger partial charge is 0.220 e. The minimum atomic E-state index is 0.127. The Kier molecular flexibility index (Phi) is 4.39. The molecule has 1 fully saturated rings. The van der Waals surface area contributed by atoms with Crippen molar-refractivity contribution in [3.05, 3.63) is 0 Å². The van der Waals surface area contributed by atoms with Gasteiger partial charge in [-0.3, -0.25) is 4.79 Å². The van der Waals surface area contributed by atoms with E-state index in [9.17, 15) is 4.79 Å². The molecule has 1 aliphatic carbocycles. The van der Waals surface area contributed by atoms with E-state index in [1.807, 2.05) is 6.92 Å². The van der Waals surface area contributed by atoms with Crippen LogP contribution < -0.4 is 11.1 Å². The highest BCUT2D eigenvalue weighted by atomic mass is 16.1. The third-order valence-corrected chi connectivity index (χ3v) is 3.03. The summed E-state index contributed by atoms with van der Waals surface area (Å²) < 4.78 is 0. The molecule has 0 saturated heterocycles. The van der Waals surface area contributed by atoms with Gasteiger partial charge in [-0.2, -0.15) is 0 Å². The van der Waals surface area contributed by atoms with Crippen LogP contribution in [0.5, 0.6) is 0 Å². The lowest BCUT2D eigenvalue weighted by molar-refractivity contribution is -0.122. The van der Waals surface area contributed by atoms with Gasteiger partial charge in [0.05, 0.1) is 0 Å². The Morgan fingerprint density at radius 3 is 2.79 bits per heavy atom. The van der Waals surface area contributed by atoms with Crippen molar-refractivity contribution in [3.63, 3.8) is 0 Å². The third kappa shape index (κ3) is 3.66. The van der Waals surface area contributed by atoms with E-state index in [2.05, 4.69) is 12.2 Å². The molecule has 1 aliphatic rings. The molecule has 3 N–H and O–H groups in total. The number of amides is 1. The molecule has 1 amide bonds. The lowest BCUT2D eigenvalue weighted by Crippen LogP contribution is -2.36. The number of rotatable bonds is 4. The van der Waals surface area contributed by atoms with Gasteiger partial charge in [0.1, 0.15) is 0 Å². The lowest BCUT2D eigenvalue weighted by atomic mass is 10.1. The van der Waals surface area contributed by atoms with Gasteiger partial charge in [-0.05, 0) is 32.1 Å². The van der Waals surface area contributed by atoms with Gasteiger partial charge in [0.15, 0.2) is 0 Å². The van der Waals surface area contributed by atoms with Crippen LogP contribution in [0.15, 0.2) is 0 Å². The highest BCUT2D eigenvalue weighted by Gasteiger charge is 2.24. The number of hydrogen-bond donors (Lipinski definition) is 2. The Morgan fingerprint density at radius 2 is 2.29 bits per heavy atom. The van der Waals surface area contributed by atoms with Crippen LogP contribution >= 0.6 is 0 Å². The summed E-state index contributed by atoms with van der Waals surface area (Å²) in [7, 11) is 0. The molecule has 0 aromatic rings. The first kappa shape index (κ1) is 11.5. The van der Waals surface area contributed by atoms with E-state index in [-0.39, 0.29) is 11.9 Å². The second kappa shape index (κ2) is 5.35. The van der Waals surface area contributed by atoms with Crippen LogP contribution in [0, 0.1) is 5.92 Å². The Morgan fingerprint density at radius 1 is 1.57 bits per heavy atom. The predicted octanol–water partition coefficient (Wildman–Crippen LogP) is 1.42. The van der Waals surface area contributed by atoms with Gasteiger partial charge < -0.3 is 11.1 Å². The maximum atomic E-state index is 11.5. The zero-order chi connectivity index (χ0) is 10.6. The third-order valence-electron chi connectivity index (χ3n) is 3.03. The van der Waals surface area contributed by atoms with Crippen molar-refractivity contribution >= 4 is 5.91 Å². The summed E-state index contributed by atoms with van der Waals surface area (Å²) in [6.07, 6.45) is 5.00. The summed E-state index contributed by atoms with van der Waals surface area (Å²) in [4.78, 5) is 11.5. The van der Waals surface area contributed by atoms with Gasteiger partial charge in [0.25, 0.3) is 0 Å². The molecule has 0 heterocycles. The average Bonchev–Trinajstić information content (AvgIpc) is 2.49. The molecule has 0 radical (unpaired) electrons. The molecule has 3 atom stereocenters. The van der Waals surface area contributed by atoms with Crippen LogP contribution in [-0.2, 0) is 4.79 Å². The Bertz CT molecular complexity index is 192. The average molecular weight is 198 g/mol. The van der Waals surface area contributed by atoms with Crippen LogP contribution in [0.3, 0.4) is 0 Å². The van der Waals surface area contributed by atoms with E-state index < -0.39 is 0 Å². The minimum Gasteiger partial charge on any atom is -0.353 e. The summed E-state index contributed by atoms with van der Waals surface area (Å²) in [5, 5.41) is 3.09. The quantitative estimate of drug-likeness (QED) is 0.717. The molecule has 0 bridgehead atoms. The molecular weight excluding hydrogens is 176 g/mol. The fraction of sp³-hybridized carbons (Fsp3) is 0.909. The number of hydrogen-bond acceptors (Lipinski definition) is 2. The van der Waals surface area contributed by atoms with Crippen molar-refractivity contribution in [2.75, 3.05) is 0 Å². The van der Waals surface area contributed by atoms with E-state index in [0.717, 1.165) is 12.8 Å². The monoisotopic (exact) mass is 198 g/mol. The van der Waals surface area contributed by atoms with Crippen molar-refractivity contribution in [2.45, 2.75) is 58.0 Å². The van der Waals surface area contributed by atoms with Gasteiger partial charge in [-0.1, -0.05) is 13.3 Å². The largest absolute Gasteiger partial charge is 0.353 e. The maximum absolute atomic E-state index is 11.5. The highest BCUT2D eigenvalue weighted by Crippen LogP contribution is 2.24. The molecule has 0 spiro atoms. The molecule has 3 unspecified atom stereocenters. The van der Waals surface area contributed by atoms with Crippen molar-refractivity contribution in [1.29, 1.82) is 0 Å². The summed E-state index contributed by atoms with van der Waals surface area (Å²) in [5.41, 5.74) is 5.60. The first-order valence-electron chi connectivity index (χ1n) is 5.64. The maximum Gasteiger partial charge on any atom is 0.220 e. The van der Waals surface area contributed by atoms with Crippen LogP contribution in [0.4, 0.5) is 0 Å². The van der Waals surface area contributed by atoms with Crippen molar-refractivity contribution in [1.82, 2.24) is 5.32 Å². The fourth-order valence-electron chi connectivity index (χ4n) is 2.00. The molecule has 14 heavy (non-hydrogen) atoms. The minimum absolute atomic E-state index is 0.127. The molecule has 0 aliphatic heterocycles. The standard InChI is InChI=1S/C11H22N2O/c1-8-4-3-5-10(8)13-11(14)7-6-9(2)12/h8-10H,3-7,12H2,1-2H3,(H,13,14). The van der Waals surface area contributed by atoms with Gasteiger partial charge >= 0.3 is 0 Å². The Hall–Kier alpha value is -0.570. The molecular formula is C11H22N2O. The van der Waals surface area contributed by atoms with Gasteiger partial charge in [0.2, 0.25) is 5.91 Å². The van der Waals surface area contributed by atoms with Crippen molar-refractivity contribution < 1.29 is 4.79 Å². The highest BCUT2D eigenvalue weighted by molar-refractivity contribution is 5.76. The van der Waals surface area contributed by atoms with E-state index in [0.29, 0.717) is 18.4 Å². The number of nitrogens with two attached hydrogens (primary N) is 1. The first-order chi connectivity index (χ1) is 6.59. The van der Waals surface area contributed by atoms with Crippen LogP contribution in [0.1, 0.15) is 46.0 Å². The molecule has 3 nitrogen and oxygen atoms in total. The second-order valence-corrected chi connectivity index (χ2v) is 4.60. The van der Waals surface area contributed by atoms with Crippen LogP contribution in [0.2, 0.25) is 0 Å². The summed E-state index contributed by atoms with van der Waals surface area (Å²) >= 11 is 0. The number of nitrogens with one attached hydrogen (secondary N) is 1. The number of carbonyl (C=O) groups excluding carboxylic acids is 1. The zero-order valence-electron chi connectivity index (χ0n) is 9.25. The first-order valence-corrected chi connectivity index (χ1v) is 5.64. The summed E-state index contributed by atoms with van der Waals surface area (Å²) in [6, 6.07) is 0.539. The summed E-state index contributed by atoms with van der Waals surface area (Å²) in [5.74, 6) is 0.815. The topological polar surface area (TPSA) is 55.1 Å². The molecule has 1 rings (SSSR count). The van der Waals surface area contributed by atoms with Crippen LogP contribution in [0.25, 0.3) is 0 Å². The number of carbonyl (C=O) groups is 1. The van der Waals surface area contributed by atoms with Crippen LogP contribution in [-0.4, -0.2) is 18.0 Å². The Balaban J connectivity index is 2.19. The molecule has 0 aromatic heterocycles. The van der Waals surface area contributed by atoms with E-state index in [1.165, 1.54) is 12.8 Å².